The predicted octanol–water partition coefficient (Wildman–Crippen LogP) is 1.45. The molecule has 0 N–H and O–H groups in total. The van der Waals surface area contributed by atoms with Gasteiger partial charge in [0.2, 0.25) is 11.9 Å². The van der Waals surface area contributed by atoms with E-state index in [1.165, 1.54) is 12.8 Å². The first-order valence-corrected chi connectivity index (χ1v) is 8.10. The van der Waals surface area contributed by atoms with Crippen LogP contribution < -0.4 is 9.80 Å². The molecule has 23 heavy (non-hydrogen) atoms. The molecule has 0 bridgehead atoms. The zero-order valence-electron chi connectivity index (χ0n) is 13.2. The molecule has 7 heteroatoms. The molecular weight excluding hydrogens is 292 g/mol. The summed E-state index contributed by atoms with van der Waals surface area (Å²) in [5.41, 5.74) is 2.06. The smallest absolute Gasteiger partial charge is 0.245 e. The topological polar surface area (TPSA) is 67.2 Å². The van der Waals surface area contributed by atoms with Crippen LogP contribution in [0, 0.1) is 0 Å². The van der Waals surface area contributed by atoms with Crippen molar-refractivity contribution in [2.75, 3.05) is 23.4 Å². The normalized spacial score (nSPS) is 17.8. The van der Waals surface area contributed by atoms with E-state index in [9.17, 15) is 4.79 Å². The Hall–Kier alpha value is -2.44. The van der Waals surface area contributed by atoms with Gasteiger partial charge in [0, 0.05) is 31.7 Å². The number of nitrogens with zero attached hydrogens (tertiary/aromatic N) is 6. The van der Waals surface area contributed by atoms with Crippen LogP contribution in [0.15, 0.2) is 24.3 Å². The molecule has 1 aromatic heterocycles. The monoisotopic (exact) mass is 312 g/mol. The van der Waals surface area contributed by atoms with Crippen LogP contribution in [0.5, 0.6) is 0 Å². The summed E-state index contributed by atoms with van der Waals surface area (Å²) >= 11 is 0. The van der Waals surface area contributed by atoms with Gasteiger partial charge >= 0.3 is 0 Å². The second kappa shape index (κ2) is 5.64. The van der Waals surface area contributed by atoms with Gasteiger partial charge in [0.15, 0.2) is 0 Å². The molecule has 1 saturated heterocycles. The molecule has 1 saturated carbocycles. The van der Waals surface area contributed by atoms with Gasteiger partial charge in [-0.1, -0.05) is 17.2 Å². The van der Waals surface area contributed by atoms with Crippen LogP contribution >= 0.6 is 0 Å². The van der Waals surface area contributed by atoms with Gasteiger partial charge in [0.05, 0.1) is 6.54 Å². The number of tetrazole rings is 1. The highest BCUT2D eigenvalue weighted by atomic mass is 16.2. The van der Waals surface area contributed by atoms with Gasteiger partial charge < -0.3 is 9.80 Å². The third-order valence-electron chi connectivity index (χ3n) is 4.55. The summed E-state index contributed by atoms with van der Waals surface area (Å²) in [5.74, 6) is 1.01. The maximum absolute atomic E-state index is 11.9. The number of benzene rings is 1. The molecule has 0 atom stereocenters. The third kappa shape index (κ3) is 2.78. The highest BCUT2D eigenvalue weighted by Gasteiger charge is 2.29. The lowest BCUT2D eigenvalue weighted by molar-refractivity contribution is -0.117. The number of amides is 1. The number of rotatable bonds is 5. The number of anilines is 2. The van der Waals surface area contributed by atoms with Gasteiger partial charge in [-0.3, -0.25) is 4.79 Å². The molecule has 0 unspecified atom stereocenters. The van der Waals surface area contributed by atoms with Gasteiger partial charge in [-0.15, -0.1) is 0 Å². The summed E-state index contributed by atoms with van der Waals surface area (Å²) in [6, 6.07) is 8.65. The number of carbonyl (C=O) groups excluding carboxylic acids is 1. The van der Waals surface area contributed by atoms with Gasteiger partial charge in [-0.25, -0.2) is 4.68 Å². The summed E-state index contributed by atoms with van der Waals surface area (Å²) in [6.07, 6.45) is 3.99. The van der Waals surface area contributed by atoms with E-state index in [1.54, 1.807) is 0 Å². The fraction of sp³-hybridized carbons (Fsp3) is 0.500. The summed E-state index contributed by atoms with van der Waals surface area (Å²) in [7, 11) is 2.04. The average Bonchev–Trinajstić information content (AvgIpc) is 3.16. The molecule has 0 spiro atoms. The van der Waals surface area contributed by atoms with Crippen molar-refractivity contribution < 1.29 is 4.79 Å². The second-order valence-electron chi connectivity index (χ2n) is 6.30. The Labute approximate surface area is 134 Å². The van der Waals surface area contributed by atoms with Crippen LogP contribution in [-0.4, -0.2) is 45.7 Å². The maximum atomic E-state index is 11.9. The number of hydrogen-bond acceptors (Lipinski definition) is 5. The SMILES string of the molecule is CN(c1nnnn1Cc1cccc(N2CCCC2=O)c1)C1CC1. The van der Waals surface area contributed by atoms with E-state index in [-0.39, 0.29) is 5.91 Å². The average molecular weight is 312 g/mol. The van der Waals surface area contributed by atoms with Crippen LogP contribution in [-0.2, 0) is 11.3 Å². The van der Waals surface area contributed by atoms with Crippen molar-refractivity contribution in [2.45, 2.75) is 38.3 Å². The fourth-order valence-electron chi connectivity index (χ4n) is 3.10. The van der Waals surface area contributed by atoms with Gasteiger partial charge in [-0.2, -0.15) is 0 Å². The maximum Gasteiger partial charge on any atom is 0.245 e. The van der Waals surface area contributed by atoms with E-state index < -0.39 is 0 Å². The zero-order valence-corrected chi connectivity index (χ0v) is 13.2. The molecule has 1 aliphatic heterocycles. The van der Waals surface area contributed by atoms with Gasteiger partial charge in [-0.05, 0) is 47.4 Å². The lowest BCUT2D eigenvalue weighted by Gasteiger charge is -2.18. The predicted molar refractivity (Wildman–Crippen MR) is 86.4 cm³/mol. The number of carbonyl (C=O) groups is 1. The zero-order chi connectivity index (χ0) is 15.8. The number of aromatic nitrogens is 4. The van der Waals surface area contributed by atoms with E-state index >= 15 is 0 Å². The van der Waals surface area contributed by atoms with Crippen molar-refractivity contribution in [3.8, 4) is 0 Å². The fourth-order valence-corrected chi connectivity index (χ4v) is 3.10. The minimum Gasteiger partial charge on any atom is -0.340 e. The molecule has 1 aliphatic carbocycles. The number of hydrogen-bond donors (Lipinski definition) is 0. The van der Waals surface area contributed by atoms with Crippen molar-refractivity contribution in [1.82, 2.24) is 20.2 Å². The molecule has 0 radical (unpaired) electrons. The summed E-state index contributed by atoms with van der Waals surface area (Å²) < 4.78 is 1.82. The van der Waals surface area contributed by atoms with Crippen molar-refractivity contribution >= 4 is 17.5 Å². The lowest BCUT2D eigenvalue weighted by Crippen LogP contribution is -2.25. The van der Waals surface area contributed by atoms with E-state index in [4.69, 9.17) is 0 Å². The third-order valence-corrected chi connectivity index (χ3v) is 4.55. The molecule has 2 fully saturated rings. The van der Waals surface area contributed by atoms with Crippen LogP contribution in [0.1, 0.15) is 31.2 Å². The quantitative estimate of drug-likeness (QED) is 0.836. The molecule has 2 aromatic rings. The molecule has 120 valence electrons. The van der Waals surface area contributed by atoms with Crippen molar-refractivity contribution in [2.24, 2.45) is 0 Å². The van der Waals surface area contributed by atoms with E-state index in [2.05, 4.69) is 26.5 Å². The molecule has 7 nitrogen and oxygen atoms in total. The Bertz CT molecular complexity index is 723. The molecule has 2 heterocycles. The van der Waals surface area contributed by atoms with Crippen molar-refractivity contribution in [1.29, 1.82) is 0 Å². The standard InChI is InChI=1S/C16H20N6O/c1-20(13-7-8-13)16-17-18-19-22(16)11-12-4-2-5-14(10-12)21-9-3-6-15(21)23/h2,4-5,10,13H,3,6-9,11H2,1H3. The molecule has 1 amide bonds. The molecule has 4 rings (SSSR count). The lowest BCUT2D eigenvalue weighted by atomic mass is 10.2. The Morgan fingerprint density at radius 2 is 2.22 bits per heavy atom. The highest BCUT2D eigenvalue weighted by Crippen LogP contribution is 2.29. The van der Waals surface area contributed by atoms with Crippen LogP contribution in [0.3, 0.4) is 0 Å². The van der Waals surface area contributed by atoms with Crippen LogP contribution in [0.25, 0.3) is 0 Å². The van der Waals surface area contributed by atoms with E-state index in [0.29, 0.717) is 19.0 Å². The Morgan fingerprint density at radius 1 is 1.35 bits per heavy atom. The minimum absolute atomic E-state index is 0.207. The molecule has 1 aromatic carbocycles. The summed E-state index contributed by atoms with van der Waals surface area (Å²) in [4.78, 5) is 15.9. The second-order valence-corrected chi connectivity index (χ2v) is 6.30. The minimum atomic E-state index is 0.207. The molecular formula is C16H20N6O. The van der Waals surface area contributed by atoms with Crippen LogP contribution in [0.2, 0.25) is 0 Å². The van der Waals surface area contributed by atoms with E-state index in [0.717, 1.165) is 30.2 Å². The Kier molecular flexibility index (Phi) is 3.48. The summed E-state index contributed by atoms with van der Waals surface area (Å²) in [6.45, 7) is 1.41. The van der Waals surface area contributed by atoms with Crippen molar-refractivity contribution in [3.05, 3.63) is 29.8 Å². The first kappa shape index (κ1) is 14.2. The van der Waals surface area contributed by atoms with E-state index in [1.807, 2.05) is 34.8 Å². The molecule has 2 aliphatic rings. The summed E-state index contributed by atoms with van der Waals surface area (Å²) in [5, 5.41) is 12.1. The van der Waals surface area contributed by atoms with Gasteiger partial charge in [0.1, 0.15) is 0 Å². The Balaban J connectivity index is 1.55. The van der Waals surface area contributed by atoms with Crippen molar-refractivity contribution in [3.63, 3.8) is 0 Å². The first-order valence-electron chi connectivity index (χ1n) is 8.10. The Morgan fingerprint density at radius 3 is 2.96 bits per heavy atom. The van der Waals surface area contributed by atoms with Gasteiger partial charge in [0.25, 0.3) is 0 Å². The van der Waals surface area contributed by atoms with Crippen LogP contribution in [0.4, 0.5) is 11.6 Å². The largest absolute Gasteiger partial charge is 0.340 e. The first-order chi connectivity index (χ1) is 11.2. The highest BCUT2D eigenvalue weighted by molar-refractivity contribution is 5.95.